The number of hydrogen-bond acceptors (Lipinski definition) is 2. The van der Waals surface area contributed by atoms with Crippen LogP contribution in [0.4, 0.5) is 4.39 Å². The third kappa shape index (κ3) is 3.96. The smallest absolute Gasteiger partial charge is 0.129 e. The molecule has 1 atom stereocenters. The molecule has 4 heteroatoms. The van der Waals surface area contributed by atoms with Gasteiger partial charge in [-0.15, -0.1) is 0 Å². The van der Waals surface area contributed by atoms with Crippen LogP contribution in [0.2, 0.25) is 5.02 Å². The molecule has 1 aromatic carbocycles. The Morgan fingerprint density at radius 2 is 2.25 bits per heavy atom. The summed E-state index contributed by atoms with van der Waals surface area (Å²) in [6.07, 6.45) is 3.10. The summed E-state index contributed by atoms with van der Waals surface area (Å²) in [7, 11) is 0. The molecule has 0 aliphatic heterocycles. The molecule has 0 fully saturated rings. The molecule has 16 heavy (non-hydrogen) atoms. The van der Waals surface area contributed by atoms with Crippen LogP contribution in [0.1, 0.15) is 18.9 Å². The van der Waals surface area contributed by atoms with E-state index in [1.807, 2.05) is 0 Å². The first kappa shape index (κ1) is 13.8. The summed E-state index contributed by atoms with van der Waals surface area (Å²) in [6.45, 7) is 2.61. The van der Waals surface area contributed by atoms with Gasteiger partial charge in [-0.05, 0) is 24.8 Å². The molecule has 0 spiro atoms. The summed E-state index contributed by atoms with van der Waals surface area (Å²) in [6, 6.07) is 5.20. The molecule has 0 saturated heterocycles. The normalized spacial score (nSPS) is 12.8. The van der Waals surface area contributed by atoms with E-state index < -0.39 is 0 Å². The molecule has 90 valence electrons. The van der Waals surface area contributed by atoms with Gasteiger partial charge in [0, 0.05) is 28.9 Å². The Morgan fingerprint density at radius 1 is 1.50 bits per heavy atom. The monoisotopic (exact) mass is 261 g/mol. The lowest BCUT2D eigenvalue weighted by atomic mass is 10.2. The maximum atomic E-state index is 13.5. The molecule has 0 radical (unpaired) electrons. The van der Waals surface area contributed by atoms with Gasteiger partial charge in [0.25, 0.3) is 0 Å². The fourth-order valence-electron chi connectivity index (χ4n) is 1.47. The van der Waals surface area contributed by atoms with Crippen LogP contribution in [0, 0.1) is 5.82 Å². The van der Waals surface area contributed by atoms with E-state index in [1.165, 1.54) is 6.07 Å². The SMILES string of the molecule is CCC(CSC)NCc1c(F)cccc1Cl. The highest BCUT2D eigenvalue weighted by Crippen LogP contribution is 2.19. The quantitative estimate of drug-likeness (QED) is 0.838. The molecule has 0 amide bonds. The zero-order valence-corrected chi connectivity index (χ0v) is 11.2. The highest BCUT2D eigenvalue weighted by molar-refractivity contribution is 7.98. The number of nitrogens with one attached hydrogen (secondary N) is 1. The summed E-state index contributed by atoms with van der Waals surface area (Å²) < 4.78 is 13.5. The molecule has 0 heterocycles. The van der Waals surface area contributed by atoms with Gasteiger partial charge in [-0.1, -0.05) is 24.6 Å². The van der Waals surface area contributed by atoms with Gasteiger partial charge in [-0.3, -0.25) is 0 Å². The second-order valence-corrected chi connectivity index (χ2v) is 4.96. The molecule has 0 saturated carbocycles. The fourth-order valence-corrected chi connectivity index (χ4v) is 2.46. The lowest BCUT2D eigenvalue weighted by Crippen LogP contribution is -2.30. The van der Waals surface area contributed by atoms with Crippen molar-refractivity contribution in [2.45, 2.75) is 25.9 Å². The highest BCUT2D eigenvalue weighted by atomic mass is 35.5. The molecule has 0 aliphatic carbocycles. The molecule has 1 aromatic rings. The predicted octanol–water partition coefficient (Wildman–Crippen LogP) is 3.71. The first-order chi connectivity index (χ1) is 7.69. The van der Waals surface area contributed by atoms with Crippen LogP contribution in [-0.4, -0.2) is 18.1 Å². The fraction of sp³-hybridized carbons (Fsp3) is 0.500. The van der Waals surface area contributed by atoms with Crippen LogP contribution in [0.5, 0.6) is 0 Å². The molecule has 0 bridgehead atoms. The van der Waals surface area contributed by atoms with E-state index in [0.717, 1.165) is 12.2 Å². The van der Waals surface area contributed by atoms with Gasteiger partial charge >= 0.3 is 0 Å². The van der Waals surface area contributed by atoms with E-state index in [1.54, 1.807) is 23.9 Å². The first-order valence-electron chi connectivity index (χ1n) is 5.34. The van der Waals surface area contributed by atoms with Crippen molar-refractivity contribution in [3.05, 3.63) is 34.6 Å². The van der Waals surface area contributed by atoms with Crippen molar-refractivity contribution in [3.8, 4) is 0 Å². The second-order valence-electron chi connectivity index (χ2n) is 3.64. The first-order valence-corrected chi connectivity index (χ1v) is 7.11. The van der Waals surface area contributed by atoms with Crippen molar-refractivity contribution in [1.82, 2.24) is 5.32 Å². The minimum atomic E-state index is -0.237. The van der Waals surface area contributed by atoms with Crippen LogP contribution in [0.3, 0.4) is 0 Å². The highest BCUT2D eigenvalue weighted by Gasteiger charge is 2.09. The zero-order chi connectivity index (χ0) is 12.0. The predicted molar refractivity (Wildman–Crippen MR) is 70.7 cm³/mol. The molecule has 0 aromatic heterocycles. The van der Waals surface area contributed by atoms with E-state index >= 15 is 0 Å². The zero-order valence-electron chi connectivity index (χ0n) is 9.59. The maximum absolute atomic E-state index is 13.5. The Bertz CT molecular complexity index is 313. The largest absolute Gasteiger partial charge is 0.309 e. The minimum absolute atomic E-state index is 0.237. The summed E-state index contributed by atoms with van der Waals surface area (Å²) in [5.74, 6) is 0.793. The van der Waals surface area contributed by atoms with Crippen LogP contribution in [0.25, 0.3) is 0 Å². The molecule has 1 nitrogen and oxygen atoms in total. The van der Waals surface area contributed by atoms with Gasteiger partial charge in [0.05, 0.1) is 0 Å². The lowest BCUT2D eigenvalue weighted by molar-refractivity contribution is 0.522. The molecule has 1 N–H and O–H groups in total. The second kappa shape index (κ2) is 7.15. The Morgan fingerprint density at radius 3 is 2.81 bits per heavy atom. The van der Waals surface area contributed by atoms with Crippen molar-refractivity contribution in [1.29, 1.82) is 0 Å². The Kier molecular flexibility index (Phi) is 6.17. The summed E-state index contributed by atoms with van der Waals surface area (Å²) in [4.78, 5) is 0. The standard InChI is InChI=1S/C12H17ClFNS/c1-3-9(8-16-2)15-7-10-11(13)5-4-6-12(10)14/h4-6,9,15H,3,7-8H2,1-2H3. The number of benzene rings is 1. The van der Waals surface area contributed by atoms with Crippen molar-refractivity contribution < 1.29 is 4.39 Å². The number of hydrogen-bond donors (Lipinski definition) is 1. The Hall–Kier alpha value is -0.250. The topological polar surface area (TPSA) is 12.0 Å². The van der Waals surface area contributed by atoms with E-state index in [0.29, 0.717) is 23.2 Å². The average molecular weight is 262 g/mol. The van der Waals surface area contributed by atoms with Crippen LogP contribution in [-0.2, 0) is 6.54 Å². The lowest BCUT2D eigenvalue weighted by Gasteiger charge is -2.16. The van der Waals surface area contributed by atoms with E-state index in [2.05, 4.69) is 18.5 Å². The Labute approximate surface area is 106 Å². The third-order valence-electron chi connectivity index (χ3n) is 2.49. The van der Waals surface area contributed by atoms with Gasteiger partial charge in [-0.2, -0.15) is 11.8 Å². The number of thioether (sulfide) groups is 1. The molecular formula is C12H17ClFNS. The maximum Gasteiger partial charge on any atom is 0.129 e. The van der Waals surface area contributed by atoms with E-state index in [9.17, 15) is 4.39 Å². The molecule has 0 aliphatic rings. The van der Waals surface area contributed by atoms with E-state index in [4.69, 9.17) is 11.6 Å². The summed E-state index contributed by atoms with van der Waals surface area (Å²) in [5.41, 5.74) is 0.559. The van der Waals surface area contributed by atoms with Crippen molar-refractivity contribution >= 4 is 23.4 Å². The van der Waals surface area contributed by atoms with E-state index in [-0.39, 0.29) is 5.82 Å². The third-order valence-corrected chi connectivity index (χ3v) is 3.58. The molecule has 1 rings (SSSR count). The van der Waals surface area contributed by atoms with Gasteiger partial charge < -0.3 is 5.32 Å². The summed E-state index contributed by atoms with van der Waals surface area (Å²) >= 11 is 7.74. The molecular weight excluding hydrogens is 245 g/mol. The number of rotatable bonds is 6. The van der Waals surface area contributed by atoms with Gasteiger partial charge in [-0.25, -0.2) is 4.39 Å². The molecule has 1 unspecified atom stereocenters. The van der Waals surface area contributed by atoms with Crippen molar-refractivity contribution in [2.24, 2.45) is 0 Å². The van der Waals surface area contributed by atoms with Crippen molar-refractivity contribution in [2.75, 3.05) is 12.0 Å². The van der Waals surface area contributed by atoms with Crippen LogP contribution >= 0.6 is 23.4 Å². The van der Waals surface area contributed by atoms with Gasteiger partial charge in [0.15, 0.2) is 0 Å². The van der Waals surface area contributed by atoms with Gasteiger partial charge in [0.2, 0.25) is 0 Å². The average Bonchev–Trinajstić information content (AvgIpc) is 2.27. The summed E-state index contributed by atoms with van der Waals surface area (Å²) in [5, 5.41) is 3.82. The van der Waals surface area contributed by atoms with Crippen molar-refractivity contribution in [3.63, 3.8) is 0 Å². The van der Waals surface area contributed by atoms with Crippen LogP contribution < -0.4 is 5.32 Å². The Balaban J connectivity index is 2.59. The number of halogens is 2. The van der Waals surface area contributed by atoms with Gasteiger partial charge in [0.1, 0.15) is 5.82 Å². The minimum Gasteiger partial charge on any atom is -0.309 e. The van der Waals surface area contributed by atoms with Crippen LogP contribution in [0.15, 0.2) is 18.2 Å².